The maximum Gasteiger partial charge on any atom is 0.410 e. The Morgan fingerprint density at radius 1 is 1.53 bits per heavy atom. The average Bonchev–Trinajstić information content (AvgIpc) is 2.47. The number of nitrogens with zero attached hydrogens (tertiary/aromatic N) is 1. The summed E-state index contributed by atoms with van der Waals surface area (Å²) in [6, 6.07) is 0. The molecule has 0 bridgehead atoms. The number of aliphatic hydroxyl groups excluding tert-OH is 1. The van der Waals surface area contributed by atoms with E-state index in [0.29, 0.717) is 6.42 Å². The Bertz CT molecular complexity index is 315. The van der Waals surface area contributed by atoms with Gasteiger partial charge in [0.2, 0.25) is 0 Å². The highest BCUT2D eigenvalue weighted by Gasteiger charge is 2.37. The summed E-state index contributed by atoms with van der Waals surface area (Å²) in [5.41, 5.74) is -1.69. The van der Waals surface area contributed by atoms with Crippen LogP contribution in [-0.2, 0) is 9.47 Å². The van der Waals surface area contributed by atoms with E-state index in [4.69, 9.17) is 9.47 Å². The van der Waals surface area contributed by atoms with Gasteiger partial charge in [-0.05, 0) is 27.2 Å². The topological polar surface area (TPSA) is 79.2 Å². The monoisotopic (exact) mass is 275 g/mol. The van der Waals surface area contributed by atoms with Crippen LogP contribution in [0.1, 0.15) is 34.1 Å². The Balaban J connectivity index is 2.80. The molecule has 1 heterocycles. The van der Waals surface area contributed by atoms with Crippen LogP contribution in [0.2, 0.25) is 0 Å². The van der Waals surface area contributed by atoms with Gasteiger partial charge in [-0.15, -0.1) is 0 Å². The van der Waals surface area contributed by atoms with E-state index in [9.17, 15) is 15.0 Å². The van der Waals surface area contributed by atoms with E-state index in [-0.39, 0.29) is 26.3 Å². The lowest BCUT2D eigenvalue weighted by Crippen LogP contribution is -2.48. The van der Waals surface area contributed by atoms with Gasteiger partial charge >= 0.3 is 6.09 Å². The van der Waals surface area contributed by atoms with E-state index >= 15 is 0 Å². The van der Waals surface area contributed by atoms with Gasteiger partial charge < -0.3 is 24.6 Å². The van der Waals surface area contributed by atoms with Crippen LogP contribution in [0.4, 0.5) is 4.79 Å². The molecule has 0 spiro atoms. The third-order valence-corrected chi connectivity index (χ3v) is 3.01. The summed E-state index contributed by atoms with van der Waals surface area (Å²) in [4.78, 5) is 13.5. The quantitative estimate of drug-likeness (QED) is 0.777. The molecule has 1 fully saturated rings. The predicted molar refractivity (Wildman–Crippen MR) is 69.9 cm³/mol. The summed E-state index contributed by atoms with van der Waals surface area (Å²) < 4.78 is 10.7. The van der Waals surface area contributed by atoms with Crippen LogP contribution >= 0.6 is 0 Å². The van der Waals surface area contributed by atoms with Gasteiger partial charge in [-0.25, -0.2) is 4.79 Å². The second-order valence-electron chi connectivity index (χ2n) is 6.05. The molecular weight excluding hydrogens is 250 g/mol. The maximum absolute atomic E-state index is 12.1. The van der Waals surface area contributed by atoms with Crippen molar-refractivity contribution in [3.05, 3.63) is 0 Å². The second kappa shape index (κ2) is 6.07. The van der Waals surface area contributed by atoms with Gasteiger partial charge in [-0.2, -0.15) is 0 Å². The van der Waals surface area contributed by atoms with Crippen molar-refractivity contribution in [2.75, 3.05) is 26.3 Å². The van der Waals surface area contributed by atoms with Crippen LogP contribution in [0.25, 0.3) is 0 Å². The molecule has 2 atom stereocenters. The molecule has 1 aliphatic rings. The first-order valence-electron chi connectivity index (χ1n) is 6.62. The number of carbonyl (C=O) groups excluding carboxylic acids is 1. The van der Waals surface area contributed by atoms with Gasteiger partial charge in [0.05, 0.1) is 32.4 Å². The first kappa shape index (κ1) is 16.2. The molecule has 0 aromatic heterocycles. The summed E-state index contributed by atoms with van der Waals surface area (Å²) in [6.07, 6.45) is -0.527. The first-order chi connectivity index (χ1) is 8.69. The Morgan fingerprint density at radius 2 is 2.16 bits per heavy atom. The molecule has 6 nitrogen and oxygen atoms in total. The lowest BCUT2D eigenvalue weighted by Gasteiger charge is -2.31. The zero-order chi connectivity index (χ0) is 14.7. The molecule has 0 radical (unpaired) electrons. The average molecular weight is 275 g/mol. The minimum Gasteiger partial charge on any atom is -0.444 e. The first-order valence-corrected chi connectivity index (χ1v) is 6.62. The number of rotatable bonds is 2. The van der Waals surface area contributed by atoms with Crippen LogP contribution in [0.3, 0.4) is 0 Å². The van der Waals surface area contributed by atoms with Crippen molar-refractivity contribution in [1.82, 2.24) is 4.90 Å². The number of amides is 1. The zero-order valence-electron chi connectivity index (χ0n) is 12.2. The molecule has 2 N–H and O–H groups in total. The summed E-state index contributed by atoms with van der Waals surface area (Å²) in [6.45, 7) is 7.46. The molecule has 112 valence electrons. The van der Waals surface area contributed by atoms with Gasteiger partial charge in [0.15, 0.2) is 0 Å². The van der Waals surface area contributed by atoms with E-state index in [1.54, 1.807) is 20.8 Å². The van der Waals surface area contributed by atoms with Gasteiger partial charge in [-0.3, -0.25) is 0 Å². The summed E-state index contributed by atoms with van der Waals surface area (Å²) in [7, 11) is 0. The smallest absolute Gasteiger partial charge is 0.410 e. The van der Waals surface area contributed by atoms with Crippen molar-refractivity contribution in [2.24, 2.45) is 0 Å². The SMILES string of the molecule is CC[C@]1(O)CO[C@H](CO)CN(C(=O)OC(C)(C)C)C1. The summed E-state index contributed by atoms with van der Waals surface area (Å²) >= 11 is 0. The van der Waals surface area contributed by atoms with E-state index in [0.717, 1.165) is 0 Å². The summed E-state index contributed by atoms with van der Waals surface area (Å²) in [5, 5.41) is 19.5. The summed E-state index contributed by atoms with van der Waals surface area (Å²) in [5.74, 6) is 0. The second-order valence-corrected chi connectivity index (χ2v) is 6.05. The number of carbonyl (C=O) groups is 1. The van der Waals surface area contributed by atoms with Crippen molar-refractivity contribution < 1.29 is 24.5 Å². The van der Waals surface area contributed by atoms with E-state index in [2.05, 4.69) is 0 Å². The normalized spacial score (nSPS) is 28.9. The van der Waals surface area contributed by atoms with Crippen LogP contribution in [-0.4, -0.2) is 64.8 Å². The molecule has 0 saturated carbocycles. The van der Waals surface area contributed by atoms with Gasteiger partial charge in [0, 0.05) is 0 Å². The Labute approximate surface area is 114 Å². The van der Waals surface area contributed by atoms with Crippen molar-refractivity contribution >= 4 is 6.09 Å². The van der Waals surface area contributed by atoms with E-state index in [1.807, 2.05) is 6.92 Å². The molecule has 1 rings (SSSR count). The largest absolute Gasteiger partial charge is 0.444 e. The standard InChI is InChI=1S/C13H25NO5/c1-5-13(17)8-14(6-10(7-15)18-9-13)11(16)19-12(2,3)4/h10,15,17H,5-9H2,1-4H3/t10-,13+/m0/s1. The molecule has 1 amide bonds. The van der Waals surface area contributed by atoms with Gasteiger partial charge in [-0.1, -0.05) is 6.92 Å². The molecule has 0 aliphatic carbocycles. The predicted octanol–water partition coefficient (Wildman–Crippen LogP) is 0.756. The minimum absolute atomic E-state index is 0.105. The van der Waals surface area contributed by atoms with Gasteiger partial charge in [0.25, 0.3) is 0 Å². The molecular formula is C13H25NO5. The van der Waals surface area contributed by atoms with Crippen molar-refractivity contribution in [3.8, 4) is 0 Å². The molecule has 0 aromatic rings. The number of hydrogen-bond acceptors (Lipinski definition) is 5. The van der Waals surface area contributed by atoms with Crippen LogP contribution < -0.4 is 0 Å². The number of hydrogen-bond donors (Lipinski definition) is 2. The molecule has 6 heteroatoms. The zero-order valence-corrected chi connectivity index (χ0v) is 12.2. The fourth-order valence-electron chi connectivity index (χ4n) is 1.83. The lowest BCUT2D eigenvalue weighted by atomic mass is 10.0. The van der Waals surface area contributed by atoms with Crippen molar-refractivity contribution in [1.29, 1.82) is 0 Å². The highest BCUT2D eigenvalue weighted by atomic mass is 16.6. The number of β-amino-alcohol motifs (C(OH)–C–C–N with tert-alkyl or cyclic N) is 1. The van der Waals surface area contributed by atoms with Crippen LogP contribution in [0.5, 0.6) is 0 Å². The van der Waals surface area contributed by atoms with Gasteiger partial charge in [0.1, 0.15) is 11.2 Å². The fraction of sp³-hybridized carbons (Fsp3) is 0.923. The lowest BCUT2D eigenvalue weighted by molar-refractivity contribution is -0.0654. The number of ether oxygens (including phenoxy) is 2. The third-order valence-electron chi connectivity index (χ3n) is 3.01. The highest BCUT2D eigenvalue weighted by Crippen LogP contribution is 2.20. The number of aliphatic hydroxyl groups is 2. The molecule has 19 heavy (non-hydrogen) atoms. The van der Waals surface area contributed by atoms with Crippen molar-refractivity contribution in [3.63, 3.8) is 0 Å². The fourth-order valence-corrected chi connectivity index (χ4v) is 1.83. The van der Waals surface area contributed by atoms with Crippen molar-refractivity contribution in [2.45, 2.75) is 51.4 Å². The Hall–Kier alpha value is -0.850. The molecule has 1 aliphatic heterocycles. The maximum atomic E-state index is 12.1. The van der Waals surface area contributed by atoms with Crippen LogP contribution in [0, 0.1) is 0 Å². The van der Waals surface area contributed by atoms with E-state index in [1.165, 1.54) is 4.90 Å². The molecule has 0 aromatic carbocycles. The third kappa shape index (κ3) is 4.97. The molecule has 0 unspecified atom stereocenters. The Morgan fingerprint density at radius 3 is 2.63 bits per heavy atom. The van der Waals surface area contributed by atoms with E-state index < -0.39 is 23.4 Å². The van der Waals surface area contributed by atoms with Crippen LogP contribution in [0.15, 0.2) is 0 Å². The molecule has 1 saturated heterocycles. The highest BCUT2D eigenvalue weighted by molar-refractivity contribution is 5.68. The minimum atomic E-state index is -1.10. The Kier molecular flexibility index (Phi) is 5.18.